The van der Waals surface area contributed by atoms with Crippen LogP contribution in [0.4, 0.5) is 0 Å². The molecule has 0 bridgehead atoms. The summed E-state index contributed by atoms with van der Waals surface area (Å²) in [6.45, 7) is 8.39. The van der Waals surface area contributed by atoms with Gasteiger partial charge in [0.25, 0.3) is 0 Å². The number of carbonyl (C=O) groups is 1. The molecule has 3 atom stereocenters. The highest BCUT2D eigenvalue weighted by molar-refractivity contribution is 7.13. The molecule has 3 heterocycles. The summed E-state index contributed by atoms with van der Waals surface area (Å²) in [5.74, 6) is 0.704. The lowest BCUT2D eigenvalue weighted by Crippen LogP contribution is -2.52. The zero-order valence-corrected chi connectivity index (χ0v) is 16.7. The predicted molar refractivity (Wildman–Crippen MR) is 102 cm³/mol. The number of rotatable bonds is 4. The first kappa shape index (κ1) is 19.0. The number of aromatic amines is 1. The number of aryl methyl sites for hydroxylation is 1. The molecule has 0 spiro atoms. The van der Waals surface area contributed by atoms with Crippen LogP contribution in [0.3, 0.4) is 0 Å². The molecule has 3 rings (SSSR count). The van der Waals surface area contributed by atoms with Gasteiger partial charge in [0, 0.05) is 13.0 Å². The van der Waals surface area contributed by atoms with Gasteiger partial charge in [-0.1, -0.05) is 20.8 Å². The number of H-pyrrole nitrogens is 1. The molecule has 1 fully saturated rings. The third-order valence-electron chi connectivity index (χ3n) is 4.86. The molecule has 0 radical (unpaired) electrons. The van der Waals surface area contributed by atoms with Crippen molar-refractivity contribution < 1.29 is 9.90 Å². The Morgan fingerprint density at radius 2 is 2.19 bits per heavy atom. The molecule has 0 aliphatic carbocycles. The van der Waals surface area contributed by atoms with E-state index in [-0.39, 0.29) is 23.4 Å². The molecule has 0 saturated carbocycles. The molecule has 3 N–H and O–H groups in total. The summed E-state index contributed by atoms with van der Waals surface area (Å²) in [7, 11) is 1.80. The maximum atomic E-state index is 13.1. The van der Waals surface area contributed by atoms with Crippen molar-refractivity contribution >= 4 is 17.2 Å². The van der Waals surface area contributed by atoms with E-state index in [9.17, 15) is 9.90 Å². The molecule has 0 unspecified atom stereocenters. The number of nitrogens with one attached hydrogen (secondary N) is 2. The van der Waals surface area contributed by atoms with Gasteiger partial charge in [-0.2, -0.15) is 0 Å². The number of likely N-dealkylation sites (tertiary alicyclic amines) is 1. The van der Waals surface area contributed by atoms with Crippen molar-refractivity contribution in [2.75, 3.05) is 13.6 Å². The lowest BCUT2D eigenvalue weighted by molar-refractivity contribution is -0.137. The van der Waals surface area contributed by atoms with Gasteiger partial charge in [0.15, 0.2) is 0 Å². The Hall–Kier alpha value is -1.77. The van der Waals surface area contributed by atoms with E-state index in [2.05, 4.69) is 20.3 Å². The van der Waals surface area contributed by atoms with Gasteiger partial charge in [-0.05, 0) is 19.4 Å². The maximum absolute atomic E-state index is 13.1. The molecule has 1 saturated heterocycles. The van der Waals surface area contributed by atoms with Gasteiger partial charge < -0.3 is 20.3 Å². The molecule has 1 amide bonds. The average molecular weight is 378 g/mol. The van der Waals surface area contributed by atoms with Crippen LogP contribution in [0, 0.1) is 12.3 Å². The van der Waals surface area contributed by atoms with Gasteiger partial charge in [0.2, 0.25) is 5.91 Å². The molecule has 7 nitrogen and oxygen atoms in total. The number of hydrogen-bond acceptors (Lipinski definition) is 6. The molecule has 8 heteroatoms. The lowest BCUT2D eigenvalue weighted by Gasteiger charge is -2.34. The first-order chi connectivity index (χ1) is 12.2. The van der Waals surface area contributed by atoms with Crippen molar-refractivity contribution in [3.63, 3.8) is 0 Å². The normalized spacial score (nSPS) is 22.0. The van der Waals surface area contributed by atoms with Gasteiger partial charge in [-0.15, -0.1) is 11.3 Å². The molecule has 1 aliphatic rings. The van der Waals surface area contributed by atoms with Crippen molar-refractivity contribution in [2.45, 2.75) is 52.3 Å². The first-order valence-corrected chi connectivity index (χ1v) is 9.71. The minimum atomic E-state index is -0.542. The molecule has 0 aromatic carbocycles. The topological polar surface area (TPSA) is 94.1 Å². The monoisotopic (exact) mass is 377 g/mol. The van der Waals surface area contributed by atoms with Crippen LogP contribution in [0.15, 0.2) is 11.7 Å². The maximum Gasteiger partial charge on any atom is 0.240 e. The largest absolute Gasteiger partial charge is 0.391 e. The third-order valence-corrected chi connectivity index (χ3v) is 5.83. The van der Waals surface area contributed by atoms with Crippen molar-refractivity contribution in [2.24, 2.45) is 5.41 Å². The number of aliphatic hydroxyl groups is 1. The smallest absolute Gasteiger partial charge is 0.240 e. The van der Waals surface area contributed by atoms with E-state index < -0.39 is 6.10 Å². The summed E-state index contributed by atoms with van der Waals surface area (Å²) in [6, 6.07) is -0.578. The van der Waals surface area contributed by atoms with Gasteiger partial charge >= 0.3 is 0 Å². The lowest BCUT2D eigenvalue weighted by atomic mass is 9.86. The summed E-state index contributed by atoms with van der Waals surface area (Å²) >= 11 is 1.56. The van der Waals surface area contributed by atoms with Crippen LogP contribution in [-0.4, -0.2) is 56.6 Å². The number of amides is 1. The molecule has 1 aliphatic heterocycles. The van der Waals surface area contributed by atoms with Gasteiger partial charge in [-0.3, -0.25) is 4.79 Å². The highest BCUT2D eigenvalue weighted by atomic mass is 32.1. The molecule has 142 valence electrons. The zero-order valence-electron chi connectivity index (χ0n) is 15.9. The number of hydrogen-bond donors (Lipinski definition) is 3. The van der Waals surface area contributed by atoms with Crippen molar-refractivity contribution in [1.29, 1.82) is 0 Å². The number of likely N-dealkylation sites (N-methyl/N-ethyl adjacent to an activating group) is 1. The van der Waals surface area contributed by atoms with E-state index in [1.165, 1.54) is 0 Å². The van der Waals surface area contributed by atoms with E-state index in [1.54, 1.807) is 35.0 Å². The summed E-state index contributed by atoms with van der Waals surface area (Å²) in [5, 5.41) is 13.3. The second kappa shape index (κ2) is 7.09. The fraction of sp³-hybridized carbons (Fsp3) is 0.611. The van der Waals surface area contributed by atoms with Crippen LogP contribution >= 0.6 is 11.3 Å². The van der Waals surface area contributed by atoms with E-state index in [0.29, 0.717) is 18.8 Å². The summed E-state index contributed by atoms with van der Waals surface area (Å²) in [4.78, 5) is 28.1. The van der Waals surface area contributed by atoms with Crippen molar-refractivity contribution in [3.8, 4) is 10.6 Å². The van der Waals surface area contributed by atoms with Crippen LogP contribution < -0.4 is 5.32 Å². The molecular weight excluding hydrogens is 350 g/mol. The summed E-state index contributed by atoms with van der Waals surface area (Å²) < 4.78 is 0. The number of imidazole rings is 1. The standard InChI is InChI=1S/C18H27N5O2S/c1-10-14(26-9-21-10)12-7-20-16(22-12)13-6-11(24)8-23(13)17(25)15(19-5)18(2,3)4/h7,9,11,13,15,19,24H,6,8H2,1-5H3,(H,20,22)/t11-,13-,15-/m1/s1. The number of β-amino-alcohol motifs (C(OH)–C–C–N with tert-alkyl or cyclic N) is 1. The Balaban J connectivity index is 1.88. The van der Waals surface area contributed by atoms with Crippen molar-refractivity contribution in [1.82, 2.24) is 25.2 Å². The fourth-order valence-electron chi connectivity index (χ4n) is 3.59. The van der Waals surface area contributed by atoms with Crippen LogP contribution in [-0.2, 0) is 4.79 Å². The highest BCUT2D eigenvalue weighted by Gasteiger charge is 2.42. The average Bonchev–Trinajstić information content (AvgIpc) is 3.25. The van der Waals surface area contributed by atoms with Gasteiger partial charge in [0.05, 0.1) is 46.2 Å². The number of nitrogens with zero attached hydrogens (tertiary/aromatic N) is 3. The Kier molecular flexibility index (Phi) is 5.18. The number of thiazole rings is 1. The highest BCUT2D eigenvalue weighted by Crippen LogP contribution is 2.35. The van der Waals surface area contributed by atoms with Crippen LogP contribution in [0.25, 0.3) is 10.6 Å². The van der Waals surface area contributed by atoms with Gasteiger partial charge in [-0.25, -0.2) is 9.97 Å². The Labute approximate surface area is 157 Å². The predicted octanol–water partition coefficient (Wildman–Crippen LogP) is 2.11. The summed E-state index contributed by atoms with van der Waals surface area (Å²) in [6.07, 6.45) is 1.73. The second-order valence-corrected chi connectivity index (χ2v) is 8.79. The first-order valence-electron chi connectivity index (χ1n) is 8.83. The van der Waals surface area contributed by atoms with Crippen molar-refractivity contribution in [3.05, 3.63) is 23.2 Å². The Bertz CT molecular complexity index is 779. The second-order valence-electron chi connectivity index (χ2n) is 7.93. The third kappa shape index (κ3) is 3.54. The van der Waals surface area contributed by atoms with Gasteiger partial charge in [0.1, 0.15) is 5.82 Å². The molecule has 2 aromatic heterocycles. The molecule has 2 aromatic rings. The molecule has 26 heavy (non-hydrogen) atoms. The number of carbonyl (C=O) groups excluding carboxylic acids is 1. The minimum Gasteiger partial charge on any atom is -0.391 e. The van der Waals surface area contributed by atoms with Crippen LogP contribution in [0.5, 0.6) is 0 Å². The van der Waals surface area contributed by atoms with E-state index in [1.807, 2.05) is 27.7 Å². The quantitative estimate of drug-likeness (QED) is 0.759. The van der Waals surface area contributed by atoms with E-state index >= 15 is 0 Å². The molecular formula is C18H27N5O2S. The van der Waals surface area contributed by atoms with E-state index in [4.69, 9.17) is 0 Å². The van der Waals surface area contributed by atoms with Crippen LogP contribution in [0.2, 0.25) is 0 Å². The Morgan fingerprint density at radius 1 is 1.46 bits per heavy atom. The summed E-state index contributed by atoms with van der Waals surface area (Å²) in [5.41, 5.74) is 3.43. The number of aromatic nitrogens is 3. The van der Waals surface area contributed by atoms with Crippen LogP contribution in [0.1, 0.15) is 44.8 Å². The van der Waals surface area contributed by atoms with E-state index in [0.717, 1.165) is 16.3 Å². The minimum absolute atomic E-state index is 0.00605. The fourth-order valence-corrected chi connectivity index (χ4v) is 4.36. The number of aliphatic hydroxyl groups excluding tert-OH is 1. The zero-order chi connectivity index (χ0) is 19.1. The SMILES string of the molecule is CN[C@H](C(=O)N1C[C@H](O)C[C@@H]1c1ncc(-c2scnc2C)[nH]1)C(C)(C)C. The Morgan fingerprint density at radius 3 is 2.77 bits per heavy atom.